The Bertz CT molecular complexity index is 818. The number of nitrogens with one attached hydrogen (secondary N) is 1. The third kappa shape index (κ3) is 4.15. The Kier molecular flexibility index (Phi) is 5.16. The fourth-order valence-corrected chi connectivity index (χ4v) is 2.67. The summed E-state index contributed by atoms with van der Waals surface area (Å²) < 4.78 is 5.66. The highest BCUT2D eigenvalue weighted by molar-refractivity contribution is 6.31. The number of aromatic nitrogens is 2. The number of hydrogen-bond donors (Lipinski definition) is 1. The van der Waals surface area contributed by atoms with Gasteiger partial charge in [0.2, 0.25) is 0 Å². The predicted octanol–water partition coefficient (Wildman–Crippen LogP) is 4.73. The maximum absolute atomic E-state index is 6.08. The summed E-state index contributed by atoms with van der Waals surface area (Å²) in [6, 6.07) is 13.8. The Balaban J connectivity index is 1.63. The summed E-state index contributed by atoms with van der Waals surface area (Å²) in [6.45, 7) is 4.83. The normalized spacial score (nSPS) is 11.0. The third-order valence-corrected chi connectivity index (χ3v) is 3.83. The first-order valence-electron chi connectivity index (χ1n) is 8.01. The second kappa shape index (κ2) is 7.49. The van der Waals surface area contributed by atoms with Gasteiger partial charge in [-0.3, -0.25) is 0 Å². The van der Waals surface area contributed by atoms with E-state index in [1.54, 1.807) is 6.33 Å². The summed E-state index contributed by atoms with van der Waals surface area (Å²) in [4.78, 5) is 8.58. The molecule has 5 heteroatoms. The molecule has 0 spiro atoms. The predicted molar refractivity (Wildman–Crippen MR) is 98.9 cm³/mol. The SMILES string of the molecule is CC(C)Oc1ccc(CCNc2ncnc3ccc(Cl)cc23)cc1. The van der Waals surface area contributed by atoms with Gasteiger partial charge >= 0.3 is 0 Å². The van der Waals surface area contributed by atoms with E-state index in [-0.39, 0.29) is 6.10 Å². The van der Waals surface area contributed by atoms with Crippen LogP contribution >= 0.6 is 11.6 Å². The first kappa shape index (κ1) is 16.5. The van der Waals surface area contributed by atoms with Crippen LogP contribution in [0.2, 0.25) is 5.02 Å². The van der Waals surface area contributed by atoms with E-state index >= 15 is 0 Å². The van der Waals surface area contributed by atoms with Crippen LogP contribution in [0.1, 0.15) is 19.4 Å². The molecule has 0 bridgehead atoms. The van der Waals surface area contributed by atoms with Gasteiger partial charge in [0.05, 0.1) is 11.6 Å². The summed E-state index contributed by atoms with van der Waals surface area (Å²) in [5.74, 6) is 1.71. The van der Waals surface area contributed by atoms with Crippen molar-refractivity contribution < 1.29 is 4.74 Å². The van der Waals surface area contributed by atoms with Gasteiger partial charge in [-0.25, -0.2) is 9.97 Å². The van der Waals surface area contributed by atoms with Crippen molar-refractivity contribution in [2.24, 2.45) is 0 Å². The maximum atomic E-state index is 6.08. The molecule has 1 aromatic heterocycles. The molecule has 4 nitrogen and oxygen atoms in total. The molecule has 0 aliphatic carbocycles. The van der Waals surface area contributed by atoms with E-state index in [1.807, 2.05) is 44.2 Å². The molecule has 1 heterocycles. The molecule has 0 atom stereocenters. The molecule has 0 radical (unpaired) electrons. The van der Waals surface area contributed by atoms with Gasteiger partial charge in [0.25, 0.3) is 0 Å². The number of hydrogen-bond acceptors (Lipinski definition) is 4. The minimum absolute atomic E-state index is 0.190. The van der Waals surface area contributed by atoms with Gasteiger partial charge in [-0.1, -0.05) is 23.7 Å². The van der Waals surface area contributed by atoms with Gasteiger partial charge in [0, 0.05) is 17.0 Å². The molecule has 0 fully saturated rings. The molecule has 0 aliphatic heterocycles. The minimum Gasteiger partial charge on any atom is -0.491 e. The highest BCUT2D eigenvalue weighted by atomic mass is 35.5. The van der Waals surface area contributed by atoms with Crippen LogP contribution in [-0.2, 0) is 6.42 Å². The molecule has 3 rings (SSSR count). The molecule has 0 unspecified atom stereocenters. The zero-order chi connectivity index (χ0) is 16.9. The molecule has 0 saturated heterocycles. The highest BCUT2D eigenvalue weighted by Crippen LogP contribution is 2.23. The van der Waals surface area contributed by atoms with Crippen molar-refractivity contribution in [1.29, 1.82) is 0 Å². The zero-order valence-electron chi connectivity index (χ0n) is 13.8. The van der Waals surface area contributed by atoms with E-state index < -0.39 is 0 Å². The Labute approximate surface area is 146 Å². The van der Waals surface area contributed by atoms with E-state index in [4.69, 9.17) is 16.3 Å². The van der Waals surface area contributed by atoms with E-state index in [0.717, 1.165) is 35.4 Å². The van der Waals surface area contributed by atoms with Crippen LogP contribution in [0.3, 0.4) is 0 Å². The number of rotatable bonds is 6. The minimum atomic E-state index is 0.190. The standard InChI is InChI=1S/C19H20ClN3O/c1-13(2)24-16-6-3-14(4-7-16)9-10-21-19-17-11-15(20)5-8-18(17)22-12-23-19/h3-8,11-13H,9-10H2,1-2H3,(H,21,22,23). The van der Waals surface area contributed by atoms with E-state index in [2.05, 4.69) is 27.4 Å². The number of anilines is 1. The lowest BCUT2D eigenvalue weighted by molar-refractivity contribution is 0.242. The number of fused-ring (bicyclic) bond motifs is 1. The first-order chi connectivity index (χ1) is 11.6. The summed E-state index contributed by atoms with van der Waals surface area (Å²) in [5, 5.41) is 4.99. The van der Waals surface area contributed by atoms with Gasteiger partial charge in [-0.05, 0) is 56.2 Å². The average Bonchev–Trinajstić information content (AvgIpc) is 2.56. The molecular formula is C19H20ClN3O. The van der Waals surface area contributed by atoms with Crippen molar-refractivity contribution in [1.82, 2.24) is 9.97 Å². The molecule has 3 aromatic rings. The van der Waals surface area contributed by atoms with Crippen molar-refractivity contribution in [3.63, 3.8) is 0 Å². The van der Waals surface area contributed by atoms with Gasteiger partial charge in [0.1, 0.15) is 17.9 Å². The molecule has 1 N–H and O–H groups in total. The third-order valence-electron chi connectivity index (χ3n) is 3.60. The van der Waals surface area contributed by atoms with Crippen LogP contribution < -0.4 is 10.1 Å². The number of halogens is 1. The van der Waals surface area contributed by atoms with Crippen LogP contribution in [0.4, 0.5) is 5.82 Å². The first-order valence-corrected chi connectivity index (χ1v) is 8.39. The Morgan fingerprint density at radius 1 is 1.08 bits per heavy atom. The van der Waals surface area contributed by atoms with Crippen molar-refractivity contribution in [2.45, 2.75) is 26.4 Å². The van der Waals surface area contributed by atoms with Crippen LogP contribution in [0, 0.1) is 0 Å². The lowest BCUT2D eigenvalue weighted by atomic mass is 10.1. The number of nitrogens with zero attached hydrogens (tertiary/aromatic N) is 2. The van der Waals surface area contributed by atoms with Gasteiger partial charge in [-0.2, -0.15) is 0 Å². The van der Waals surface area contributed by atoms with Gasteiger partial charge in [-0.15, -0.1) is 0 Å². The van der Waals surface area contributed by atoms with Crippen molar-refractivity contribution in [3.05, 3.63) is 59.4 Å². The lowest BCUT2D eigenvalue weighted by Gasteiger charge is -2.11. The number of benzene rings is 2. The van der Waals surface area contributed by atoms with Crippen LogP contribution in [-0.4, -0.2) is 22.6 Å². The van der Waals surface area contributed by atoms with E-state index in [1.165, 1.54) is 5.56 Å². The second-order valence-corrected chi connectivity index (χ2v) is 6.31. The molecule has 0 aliphatic rings. The van der Waals surface area contributed by atoms with Crippen LogP contribution in [0.25, 0.3) is 10.9 Å². The summed E-state index contributed by atoms with van der Waals surface area (Å²) in [7, 11) is 0. The van der Waals surface area contributed by atoms with Crippen molar-refractivity contribution >= 4 is 28.3 Å². The summed E-state index contributed by atoms with van der Waals surface area (Å²) >= 11 is 6.08. The largest absolute Gasteiger partial charge is 0.491 e. The fourth-order valence-electron chi connectivity index (χ4n) is 2.50. The molecule has 0 amide bonds. The average molecular weight is 342 g/mol. The van der Waals surface area contributed by atoms with E-state index in [9.17, 15) is 0 Å². The van der Waals surface area contributed by atoms with Crippen LogP contribution in [0.5, 0.6) is 5.75 Å². The highest BCUT2D eigenvalue weighted by Gasteiger charge is 2.04. The Morgan fingerprint density at radius 3 is 2.62 bits per heavy atom. The monoisotopic (exact) mass is 341 g/mol. The van der Waals surface area contributed by atoms with Gasteiger partial charge in [0.15, 0.2) is 0 Å². The summed E-state index contributed by atoms with van der Waals surface area (Å²) in [5.41, 5.74) is 2.13. The van der Waals surface area contributed by atoms with Crippen LogP contribution in [0.15, 0.2) is 48.8 Å². The molecule has 24 heavy (non-hydrogen) atoms. The fraction of sp³-hybridized carbons (Fsp3) is 0.263. The topological polar surface area (TPSA) is 47.0 Å². The maximum Gasteiger partial charge on any atom is 0.137 e. The van der Waals surface area contributed by atoms with Crippen molar-refractivity contribution in [2.75, 3.05) is 11.9 Å². The molecular weight excluding hydrogens is 322 g/mol. The lowest BCUT2D eigenvalue weighted by Crippen LogP contribution is -2.08. The van der Waals surface area contributed by atoms with Gasteiger partial charge < -0.3 is 10.1 Å². The van der Waals surface area contributed by atoms with Crippen molar-refractivity contribution in [3.8, 4) is 5.75 Å². The number of ether oxygens (including phenoxy) is 1. The molecule has 0 saturated carbocycles. The second-order valence-electron chi connectivity index (χ2n) is 5.87. The quantitative estimate of drug-likeness (QED) is 0.704. The Hall–Kier alpha value is -2.33. The Morgan fingerprint density at radius 2 is 1.88 bits per heavy atom. The molecule has 124 valence electrons. The summed E-state index contributed by atoms with van der Waals surface area (Å²) in [6.07, 6.45) is 2.65. The van der Waals surface area contributed by atoms with E-state index in [0.29, 0.717) is 5.02 Å². The zero-order valence-corrected chi connectivity index (χ0v) is 14.5. The molecule has 2 aromatic carbocycles. The smallest absolute Gasteiger partial charge is 0.137 e.